The number of rotatable bonds is 4. The van der Waals surface area contributed by atoms with E-state index in [0.29, 0.717) is 18.8 Å². The summed E-state index contributed by atoms with van der Waals surface area (Å²) in [6, 6.07) is 8.06. The van der Waals surface area contributed by atoms with Crippen LogP contribution >= 0.6 is 0 Å². The maximum atomic E-state index is 13.1. The number of ether oxygens (including phenoxy) is 1. The molecule has 7 nitrogen and oxygen atoms in total. The van der Waals surface area contributed by atoms with E-state index >= 15 is 0 Å². The van der Waals surface area contributed by atoms with E-state index in [-0.39, 0.29) is 17.7 Å². The summed E-state index contributed by atoms with van der Waals surface area (Å²) in [5, 5.41) is 3.81. The molecule has 1 aromatic heterocycles. The maximum Gasteiger partial charge on any atom is 0.278 e. The Morgan fingerprint density at radius 2 is 2.00 bits per heavy atom. The summed E-state index contributed by atoms with van der Waals surface area (Å²) in [7, 11) is 1.67. The average Bonchev–Trinajstić information content (AvgIpc) is 3.42. The minimum Gasteiger partial charge on any atom is -0.497 e. The topological polar surface area (TPSA) is 62.6 Å². The van der Waals surface area contributed by atoms with Crippen molar-refractivity contribution in [2.75, 3.05) is 25.1 Å². The molecule has 1 aromatic carbocycles. The molecule has 2 fully saturated rings. The van der Waals surface area contributed by atoms with Crippen molar-refractivity contribution in [1.82, 2.24) is 19.8 Å². The highest BCUT2D eigenvalue weighted by Gasteiger charge is 2.52. The van der Waals surface area contributed by atoms with Gasteiger partial charge in [-0.3, -0.25) is 10.1 Å². The highest BCUT2D eigenvalue weighted by molar-refractivity contribution is 5.99. The normalized spacial score (nSPS) is 22.6. The SMILES string of the molecule is CCN1C(=O)c2ncn(Cc3ccc(OC)cc3)c2N2CC3(CCCC3)NC12. The molecule has 2 aromatic rings. The number of nitrogens with one attached hydrogen (secondary N) is 1. The fraction of sp³-hybridized carbons (Fsp3) is 0.524. The molecular formula is C21H27N5O2. The minimum atomic E-state index is -0.0746. The molecule has 5 rings (SSSR count). The predicted octanol–water partition coefficient (Wildman–Crippen LogP) is 2.42. The monoisotopic (exact) mass is 381 g/mol. The van der Waals surface area contributed by atoms with Crippen molar-refractivity contribution in [2.45, 2.75) is 51.0 Å². The van der Waals surface area contributed by atoms with E-state index in [0.717, 1.165) is 23.7 Å². The Bertz CT molecular complexity index is 885. The number of carbonyl (C=O) groups is 1. The number of hydrogen-bond donors (Lipinski definition) is 1. The van der Waals surface area contributed by atoms with Crippen LogP contribution in [-0.2, 0) is 6.54 Å². The number of imidazole rings is 1. The molecule has 28 heavy (non-hydrogen) atoms. The number of methoxy groups -OCH3 is 1. The van der Waals surface area contributed by atoms with Gasteiger partial charge in [0.2, 0.25) is 0 Å². The number of amides is 1. The number of fused-ring (bicyclic) bond motifs is 3. The second-order valence-electron chi connectivity index (χ2n) is 8.12. The van der Waals surface area contributed by atoms with Crippen LogP contribution in [0.3, 0.4) is 0 Å². The lowest BCUT2D eigenvalue weighted by Gasteiger charge is -2.39. The van der Waals surface area contributed by atoms with Gasteiger partial charge < -0.3 is 19.1 Å². The summed E-state index contributed by atoms with van der Waals surface area (Å²) in [5.74, 6) is 1.82. The third kappa shape index (κ3) is 2.60. The van der Waals surface area contributed by atoms with E-state index in [1.165, 1.54) is 25.7 Å². The predicted molar refractivity (Wildman–Crippen MR) is 107 cm³/mol. The first-order valence-corrected chi connectivity index (χ1v) is 10.2. The Balaban J connectivity index is 1.51. The molecular weight excluding hydrogens is 354 g/mol. The van der Waals surface area contributed by atoms with Crippen LogP contribution in [0.5, 0.6) is 5.75 Å². The summed E-state index contributed by atoms with van der Waals surface area (Å²) in [5.41, 5.74) is 1.85. The zero-order valence-electron chi connectivity index (χ0n) is 16.5. The van der Waals surface area contributed by atoms with Gasteiger partial charge in [0.1, 0.15) is 11.6 Å². The van der Waals surface area contributed by atoms with Gasteiger partial charge in [0.25, 0.3) is 5.91 Å². The van der Waals surface area contributed by atoms with Crippen LogP contribution in [0.2, 0.25) is 0 Å². The van der Waals surface area contributed by atoms with E-state index in [4.69, 9.17) is 4.74 Å². The first-order chi connectivity index (χ1) is 13.6. The lowest BCUT2D eigenvalue weighted by molar-refractivity contribution is 0.0634. The van der Waals surface area contributed by atoms with Crippen molar-refractivity contribution in [3.8, 4) is 5.75 Å². The van der Waals surface area contributed by atoms with Gasteiger partial charge in [-0.2, -0.15) is 0 Å². The number of anilines is 1. The molecule has 3 heterocycles. The molecule has 1 saturated heterocycles. The number of aromatic nitrogens is 2. The summed E-state index contributed by atoms with van der Waals surface area (Å²) in [6.07, 6.45) is 6.59. The van der Waals surface area contributed by atoms with Gasteiger partial charge in [-0.1, -0.05) is 25.0 Å². The Morgan fingerprint density at radius 3 is 2.68 bits per heavy atom. The molecule has 1 amide bonds. The Hall–Kier alpha value is -2.54. The van der Waals surface area contributed by atoms with Gasteiger partial charge >= 0.3 is 0 Å². The summed E-state index contributed by atoms with van der Waals surface area (Å²) < 4.78 is 7.37. The van der Waals surface area contributed by atoms with Crippen molar-refractivity contribution in [3.05, 3.63) is 41.9 Å². The van der Waals surface area contributed by atoms with Gasteiger partial charge in [-0.25, -0.2) is 4.98 Å². The lowest BCUT2D eigenvalue weighted by Crippen LogP contribution is -2.58. The Kier molecular flexibility index (Phi) is 4.08. The van der Waals surface area contributed by atoms with Crippen molar-refractivity contribution >= 4 is 11.7 Å². The zero-order valence-corrected chi connectivity index (χ0v) is 16.5. The second kappa shape index (κ2) is 6.51. The molecule has 1 aliphatic carbocycles. The molecule has 2 aliphatic heterocycles. The zero-order chi connectivity index (χ0) is 19.3. The van der Waals surface area contributed by atoms with Gasteiger partial charge in [0.15, 0.2) is 12.0 Å². The van der Waals surface area contributed by atoms with Crippen molar-refractivity contribution in [3.63, 3.8) is 0 Å². The molecule has 1 spiro atoms. The van der Waals surface area contributed by atoms with Crippen LogP contribution < -0.4 is 15.0 Å². The van der Waals surface area contributed by atoms with Gasteiger partial charge in [0, 0.05) is 18.6 Å². The molecule has 3 aliphatic rings. The van der Waals surface area contributed by atoms with E-state index in [1.807, 2.05) is 30.3 Å². The molecule has 0 bridgehead atoms. The van der Waals surface area contributed by atoms with Crippen LogP contribution in [0, 0.1) is 0 Å². The number of nitrogens with zero attached hydrogens (tertiary/aromatic N) is 4. The van der Waals surface area contributed by atoms with Crippen LogP contribution in [0.15, 0.2) is 30.6 Å². The first kappa shape index (κ1) is 17.6. The number of hydrogen-bond acceptors (Lipinski definition) is 5. The molecule has 0 radical (unpaired) electrons. The standard InChI is InChI=1S/C21H27N5O2/c1-3-25-19(27)17-18(26-13-21(23-20(25)26)10-4-5-11-21)24(14-22-17)12-15-6-8-16(28-2)9-7-15/h6-9,14,20,23H,3-5,10-13H2,1-2H3. The highest BCUT2D eigenvalue weighted by Crippen LogP contribution is 2.41. The van der Waals surface area contributed by atoms with Crippen molar-refractivity contribution < 1.29 is 9.53 Å². The molecule has 1 saturated carbocycles. The Morgan fingerprint density at radius 1 is 1.25 bits per heavy atom. The minimum absolute atomic E-state index is 0.0229. The van der Waals surface area contributed by atoms with Gasteiger partial charge in [-0.05, 0) is 37.5 Å². The average molecular weight is 381 g/mol. The van der Waals surface area contributed by atoms with E-state index < -0.39 is 0 Å². The highest BCUT2D eigenvalue weighted by atomic mass is 16.5. The van der Waals surface area contributed by atoms with Crippen LogP contribution in [0.1, 0.15) is 48.7 Å². The number of benzene rings is 1. The van der Waals surface area contributed by atoms with E-state index in [9.17, 15) is 4.79 Å². The first-order valence-electron chi connectivity index (χ1n) is 10.2. The van der Waals surface area contributed by atoms with Crippen LogP contribution in [-0.4, -0.2) is 52.4 Å². The summed E-state index contributed by atoms with van der Waals surface area (Å²) in [6.45, 7) is 4.33. The van der Waals surface area contributed by atoms with Crippen LogP contribution in [0.4, 0.5) is 5.82 Å². The largest absolute Gasteiger partial charge is 0.497 e. The molecule has 7 heteroatoms. The van der Waals surface area contributed by atoms with Crippen LogP contribution in [0.25, 0.3) is 0 Å². The van der Waals surface area contributed by atoms with Gasteiger partial charge in [-0.15, -0.1) is 0 Å². The fourth-order valence-corrected chi connectivity index (χ4v) is 5.04. The molecule has 1 unspecified atom stereocenters. The molecule has 1 N–H and O–H groups in total. The third-order valence-corrected chi connectivity index (χ3v) is 6.46. The second-order valence-corrected chi connectivity index (χ2v) is 8.12. The molecule has 148 valence electrons. The fourth-order valence-electron chi connectivity index (χ4n) is 5.04. The molecule has 1 atom stereocenters. The van der Waals surface area contributed by atoms with Gasteiger partial charge in [0.05, 0.1) is 20.0 Å². The van der Waals surface area contributed by atoms with E-state index in [2.05, 4.69) is 31.9 Å². The lowest BCUT2D eigenvalue weighted by atomic mass is 9.99. The van der Waals surface area contributed by atoms with Crippen molar-refractivity contribution in [1.29, 1.82) is 0 Å². The van der Waals surface area contributed by atoms with E-state index in [1.54, 1.807) is 7.11 Å². The third-order valence-electron chi connectivity index (χ3n) is 6.46. The maximum absolute atomic E-state index is 13.1. The summed E-state index contributed by atoms with van der Waals surface area (Å²) >= 11 is 0. The quantitative estimate of drug-likeness (QED) is 0.881. The smallest absolute Gasteiger partial charge is 0.278 e. The number of carbonyl (C=O) groups excluding carboxylic acids is 1. The van der Waals surface area contributed by atoms with Crippen molar-refractivity contribution in [2.24, 2.45) is 0 Å². The Labute approximate surface area is 165 Å². The summed E-state index contributed by atoms with van der Waals surface area (Å²) in [4.78, 5) is 21.9.